The second-order valence-electron chi connectivity index (χ2n) is 5.02. The Morgan fingerprint density at radius 2 is 2.00 bits per heavy atom. The van der Waals surface area contributed by atoms with E-state index in [1.54, 1.807) is 19.1 Å². The summed E-state index contributed by atoms with van der Waals surface area (Å²) in [6.07, 6.45) is 2.31. The van der Waals surface area contributed by atoms with Gasteiger partial charge in [-0.15, -0.1) is 0 Å². The maximum Gasteiger partial charge on any atom is 0.280 e. The molecule has 116 valence electrons. The number of carbonyl (C=O) groups is 1. The summed E-state index contributed by atoms with van der Waals surface area (Å²) in [5, 5.41) is 6.02. The minimum atomic E-state index is -0.662. The average molecular weight is 308 g/mol. The predicted molar refractivity (Wildman–Crippen MR) is 88.5 cm³/mol. The van der Waals surface area contributed by atoms with Gasteiger partial charge in [0.15, 0.2) is 6.10 Å². The maximum atomic E-state index is 12.0. The van der Waals surface area contributed by atoms with E-state index in [-0.39, 0.29) is 5.91 Å². The molecule has 0 fully saturated rings. The van der Waals surface area contributed by atoms with Gasteiger partial charge in [-0.1, -0.05) is 30.3 Å². The van der Waals surface area contributed by atoms with Gasteiger partial charge in [0.25, 0.3) is 5.91 Å². The van der Waals surface area contributed by atoms with Crippen molar-refractivity contribution in [2.75, 3.05) is 0 Å². The van der Waals surface area contributed by atoms with Crippen LogP contribution < -0.4 is 10.2 Å². The first-order valence-electron chi connectivity index (χ1n) is 7.24. The number of hydrogen-bond acceptors (Lipinski definition) is 4. The number of rotatable bonds is 5. The monoisotopic (exact) mass is 308 g/mol. The lowest BCUT2D eigenvalue weighted by Crippen LogP contribution is -2.33. The molecular formula is C18H16N2O3. The number of hydrazone groups is 1. The summed E-state index contributed by atoms with van der Waals surface area (Å²) in [7, 11) is 0. The van der Waals surface area contributed by atoms with Gasteiger partial charge in [-0.25, -0.2) is 5.43 Å². The Morgan fingerprint density at radius 1 is 1.17 bits per heavy atom. The molecule has 5 nitrogen and oxygen atoms in total. The Hall–Kier alpha value is -3.08. The highest BCUT2D eigenvalue weighted by Gasteiger charge is 2.14. The number of furan rings is 1. The van der Waals surface area contributed by atoms with Crippen molar-refractivity contribution in [3.63, 3.8) is 0 Å². The molecule has 23 heavy (non-hydrogen) atoms. The summed E-state index contributed by atoms with van der Waals surface area (Å²) in [6, 6.07) is 17.2. The lowest BCUT2D eigenvalue weighted by Gasteiger charge is -2.13. The summed E-state index contributed by atoms with van der Waals surface area (Å²) < 4.78 is 10.7. The van der Waals surface area contributed by atoms with Crippen LogP contribution in [0.4, 0.5) is 0 Å². The van der Waals surface area contributed by atoms with E-state index in [1.165, 1.54) is 12.5 Å². The second-order valence-corrected chi connectivity index (χ2v) is 5.02. The van der Waals surface area contributed by atoms with E-state index >= 15 is 0 Å². The van der Waals surface area contributed by atoms with Crippen molar-refractivity contribution in [1.29, 1.82) is 0 Å². The second kappa shape index (κ2) is 6.79. The van der Waals surface area contributed by atoms with E-state index in [2.05, 4.69) is 10.5 Å². The SMILES string of the molecule is CC(Oc1ccc2ccccc2c1)C(=O)N/N=C/c1ccco1. The Labute approximate surface area is 133 Å². The third kappa shape index (κ3) is 3.77. The zero-order valence-corrected chi connectivity index (χ0v) is 12.6. The molecule has 3 rings (SSSR count). The van der Waals surface area contributed by atoms with Gasteiger partial charge in [0, 0.05) is 0 Å². The predicted octanol–water partition coefficient (Wildman–Crippen LogP) is 3.35. The molecule has 0 aliphatic carbocycles. The summed E-state index contributed by atoms with van der Waals surface area (Å²) in [5.74, 6) is 0.871. The van der Waals surface area contributed by atoms with E-state index in [0.29, 0.717) is 11.5 Å². The Kier molecular flexibility index (Phi) is 4.38. The van der Waals surface area contributed by atoms with E-state index in [1.807, 2.05) is 42.5 Å². The first-order valence-corrected chi connectivity index (χ1v) is 7.24. The highest BCUT2D eigenvalue weighted by molar-refractivity contribution is 5.85. The average Bonchev–Trinajstić information content (AvgIpc) is 3.08. The van der Waals surface area contributed by atoms with Gasteiger partial charge in [-0.2, -0.15) is 5.10 Å². The number of hydrogen-bond donors (Lipinski definition) is 1. The fourth-order valence-electron chi connectivity index (χ4n) is 2.11. The van der Waals surface area contributed by atoms with Crippen LogP contribution in [0, 0.1) is 0 Å². The number of ether oxygens (including phenoxy) is 1. The highest BCUT2D eigenvalue weighted by Crippen LogP contribution is 2.21. The molecule has 3 aromatic rings. The summed E-state index contributed by atoms with van der Waals surface area (Å²) in [6.45, 7) is 1.67. The van der Waals surface area contributed by atoms with Crippen molar-refractivity contribution in [3.05, 3.63) is 66.6 Å². The smallest absolute Gasteiger partial charge is 0.280 e. The van der Waals surface area contributed by atoms with Gasteiger partial charge < -0.3 is 9.15 Å². The summed E-state index contributed by atoms with van der Waals surface area (Å²) >= 11 is 0. The Balaban J connectivity index is 1.60. The number of carbonyl (C=O) groups excluding carboxylic acids is 1. The third-order valence-electron chi connectivity index (χ3n) is 3.31. The van der Waals surface area contributed by atoms with Crippen molar-refractivity contribution in [3.8, 4) is 5.75 Å². The zero-order chi connectivity index (χ0) is 16.1. The molecule has 1 heterocycles. The number of nitrogens with one attached hydrogen (secondary N) is 1. The molecular weight excluding hydrogens is 292 g/mol. The maximum absolute atomic E-state index is 12.0. The molecule has 0 saturated carbocycles. The first kappa shape index (κ1) is 14.8. The molecule has 0 spiro atoms. The van der Waals surface area contributed by atoms with Crippen LogP contribution >= 0.6 is 0 Å². The van der Waals surface area contributed by atoms with Crippen molar-refractivity contribution < 1.29 is 13.9 Å². The van der Waals surface area contributed by atoms with Crippen molar-refractivity contribution in [2.45, 2.75) is 13.0 Å². The third-order valence-corrected chi connectivity index (χ3v) is 3.31. The van der Waals surface area contributed by atoms with Crippen molar-refractivity contribution in [2.24, 2.45) is 5.10 Å². The number of fused-ring (bicyclic) bond motifs is 1. The zero-order valence-electron chi connectivity index (χ0n) is 12.6. The van der Waals surface area contributed by atoms with Crippen LogP contribution in [0.1, 0.15) is 12.7 Å². The minimum Gasteiger partial charge on any atom is -0.481 e. The van der Waals surface area contributed by atoms with Crippen LogP contribution in [-0.4, -0.2) is 18.2 Å². The molecule has 0 saturated heterocycles. The van der Waals surface area contributed by atoms with E-state index < -0.39 is 6.10 Å². The summed E-state index contributed by atoms with van der Waals surface area (Å²) in [4.78, 5) is 12.0. The van der Waals surface area contributed by atoms with Gasteiger partial charge in [-0.3, -0.25) is 4.79 Å². The van der Waals surface area contributed by atoms with Gasteiger partial charge in [-0.05, 0) is 42.0 Å². The quantitative estimate of drug-likeness (QED) is 0.580. The van der Waals surface area contributed by atoms with Crippen LogP contribution in [0.25, 0.3) is 10.8 Å². The highest BCUT2D eigenvalue weighted by atomic mass is 16.5. The van der Waals surface area contributed by atoms with Crippen LogP contribution in [-0.2, 0) is 4.79 Å². The Morgan fingerprint density at radius 3 is 2.78 bits per heavy atom. The molecule has 1 N–H and O–H groups in total. The topological polar surface area (TPSA) is 63.8 Å². The number of amides is 1. The standard InChI is InChI=1S/C18H16N2O3/c1-13(18(21)20-19-12-17-7-4-10-22-17)23-16-9-8-14-5-2-3-6-15(14)11-16/h2-13H,1H3,(H,20,21)/b19-12+. The molecule has 1 unspecified atom stereocenters. The van der Waals surface area contributed by atoms with E-state index in [0.717, 1.165) is 10.8 Å². The molecule has 1 amide bonds. The van der Waals surface area contributed by atoms with E-state index in [9.17, 15) is 4.79 Å². The van der Waals surface area contributed by atoms with Crippen LogP contribution in [0.2, 0.25) is 0 Å². The Bertz CT molecular complexity index is 825. The first-order chi connectivity index (χ1) is 11.2. The van der Waals surface area contributed by atoms with Crippen LogP contribution in [0.3, 0.4) is 0 Å². The van der Waals surface area contributed by atoms with Crippen molar-refractivity contribution in [1.82, 2.24) is 5.43 Å². The fourth-order valence-corrected chi connectivity index (χ4v) is 2.11. The molecule has 0 bridgehead atoms. The fraction of sp³-hybridized carbons (Fsp3) is 0.111. The van der Waals surface area contributed by atoms with Crippen molar-refractivity contribution >= 4 is 22.9 Å². The summed E-state index contributed by atoms with van der Waals surface area (Å²) in [5.41, 5.74) is 2.42. The molecule has 2 aromatic carbocycles. The minimum absolute atomic E-state index is 0.332. The molecule has 1 atom stereocenters. The molecule has 0 aliphatic heterocycles. The lowest BCUT2D eigenvalue weighted by molar-refractivity contribution is -0.127. The molecule has 1 aromatic heterocycles. The van der Waals surface area contributed by atoms with Gasteiger partial charge >= 0.3 is 0 Å². The molecule has 5 heteroatoms. The number of nitrogens with zero attached hydrogens (tertiary/aromatic N) is 1. The lowest BCUT2D eigenvalue weighted by atomic mass is 10.1. The van der Waals surface area contributed by atoms with E-state index in [4.69, 9.17) is 9.15 Å². The van der Waals surface area contributed by atoms with Crippen LogP contribution in [0.5, 0.6) is 5.75 Å². The molecule has 0 aliphatic rings. The largest absolute Gasteiger partial charge is 0.481 e. The number of benzene rings is 2. The van der Waals surface area contributed by atoms with Gasteiger partial charge in [0.1, 0.15) is 11.5 Å². The molecule has 0 radical (unpaired) electrons. The normalized spacial score (nSPS) is 12.4. The van der Waals surface area contributed by atoms with Crippen LogP contribution in [0.15, 0.2) is 70.4 Å². The van der Waals surface area contributed by atoms with Gasteiger partial charge in [0.05, 0.1) is 12.5 Å². The van der Waals surface area contributed by atoms with Gasteiger partial charge in [0.2, 0.25) is 0 Å².